The van der Waals surface area contributed by atoms with Crippen LogP contribution in [0.25, 0.3) is 0 Å². The molecule has 0 saturated heterocycles. The van der Waals surface area contributed by atoms with E-state index in [2.05, 4.69) is 4.74 Å². The van der Waals surface area contributed by atoms with E-state index in [4.69, 9.17) is 0 Å². The molecule has 5 heteroatoms. The molecule has 106 valence electrons. The number of aliphatic hydroxyl groups excluding tert-OH is 1. The van der Waals surface area contributed by atoms with Crippen molar-refractivity contribution in [1.82, 2.24) is 4.90 Å². The van der Waals surface area contributed by atoms with E-state index >= 15 is 0 Å². The second-order valence-corrected chi connectivity index (χ2v) is 4.46. The molecule has 0 aliphatic carbocycles. The van der Waals surface area contributed by atoms with Gasteiger partial charge in [0, 0.05) is 13.0 Å². The van der Waals surface area contributed by atoms with Crippen LogP contribution in [-0.4, -0.2) is 48.2 Å². The number of carbonyl (C=O) groups excluding carboxylic acids is 2. The highest BCUT2D eigenvalue weighted by Crippen LogP contribution is 2.12. The highest BCUT2D eigenvalue weighted by molar-refractivity contribution is 5.78. The molecule has 1 N–H and O–H groups in total. The third-order valence-electron chi connectivity index (χ3n) is 2.98. The number of hydrogen-bond donors (Lipinski definition) is 1. The molecule has 0 spiro atoms. The van der Waals surface area contributed by atoms with Gasteiger partial charge in [-0.25, -0.2) is 0 Å². The Morgan fingerprint density at radius 3 is 2.33 bits per heavy atom. The topological polar surface area (TPSA) is 66.8 Å². The van der Waals surface area contributed by atoms with Crippen LogP contribution >= 0.6 is 0 Å². The van der Waals surface area contributed by atoms with Crippen molar-refractivity contribution in [3.05, 3.63) is 0 Å². The summed E-state index contributed by atoms with van der Waals surface area (Å²) in [6, 6.07) is -0.226. The summed E-state index contributed by atoms with van der Waals surface area (Å²) in [7, 11) is 1.33. The smallest absolute Gasteiger partial charge is 0.310 e. The van der Waals surface area contributed by atoms with Crippen molar-refractivity contribution in [2.24, 2.45) is 5.92 Å². The van der Waals surface area contributed by atoms with Gasteiger partial charge in [-0.05, 0) is 12.8 Å². The number of rotatable bonds is 8. The molecule has 2 atom stereocenters. The molecule has 0 heterocycles. The van der Waals surface area contributed by atoms with Crippen LogP contribution in [0.1, 0.15) is 40.0 Å². The van der Waals surface area contributed by atoms with Crippen molar-refractivity contribution in [1.29, 1.82) is 0 Å². The third kappa shape index (κ3) is 5.04. The number of aliphatic hydroxyl groups is 1. The van der Waals surface area contributed by atoms with E-state index in [0.29, 0.717) is 19.4 Å². The molecule has 0 radical (unpaired) electrons. The molecule has 1 amide bonds. The van der Waals surface area contributed by atoms with Gasteiger partial charge >= 0.3 is 5.97 Å². The fraction of sp³-hybridized carbons (Fsp3) is 0.846. The Labute approximate surface area is 109 Å². The summed E-state index contributed by atoms with van der Waals surface area (Å²) >= 11 is 0. The number of nitrogens with zero attached hydrogens (tertiary/aromatic N) is 1. The minimum atomic E-state index is -0.378. The van der Waals surface area contributed by atoms with E-state index in [9.17, 15) is 14.7 Å². The Hall–Kier alpha value is -1.10. The minimum Gasteiger partial charge on any atom is -0.469 e. The molecular formula is C13H25NO4. The minimum absolute atomic E-state index is 0.0193. The molecule has 0 bridgehead atoms. The van der Waals surface area contributed by atoms with Crippen LogP contribution in [0, 0.1) is 5.92 Å². The summed E-state index contributed by atoms with van der Waals surface area (Å²) in [5, 5.41) is 9.31. The zero-order chi connectivity index (χ0) is 14.1. The van der Waals surface area contributed by atoms with E-state index in [1.165, 1.54) is 7.11 Å². The normalized spacial score (nSPS) is 13.8. The van der Waals surface area contributed by atoms with Gasteiger partial charge in [-0.3, -0.25) is 9.59 Å². The number of ether oxygens (including phenoxy) is 1. The zero-order valence-corrected chi connectivity index (χ0v) is 11.8. The SMILES string of the molecule is CCCC(=O)N(CC(C)C(=O)OC)C(CC)CO. The van der Waals surface area contributed by atoms with Crippen LogP contribution in [0.4, 0.5) is 0 Å². The van der Waals surface area contributed by atoms with Crippen LogP contribution in [0.2, 0.25) is 0 Å². The van der Waals surface area contributed by atoms with Gasteiger partial charge < -0.3 is 14.7 Å². The summed E-state index contributed by atoms with van der Waals surface area (Å²) in [6.07, 6.45) is 1.86. The predicted octanol–water partition coefficient (Wildman–Crippen LogP) is 1.20. The second-order valence-electron chi connectivity index (χ2n) is 4.46. The van der Waals surface area contributed by atoms with Crippen LogP contribution in [0.3, 0.4) is 0 Å². The Morgan fingerprint density at radius 1 is 1.33 bits per heavy atom. The second kappa shape index (κ2) is 8.91. The molecule has 0 saturated carbocycles. The van der Waals surface area contributed by atoms with Crippen LogP contribution in [-0.2, 0) is 14.3 Å². The Bertz CT molecular complexity index is 264. The van der Waals surface area contributed by atoms with Crippen molar-refractivity contribution in [2.45, 2.75) is 46.1 Å². The van der Waals surface area contributed by atoms with Crippen molar-refractivity contribution in [3.8, 4) is 0 Å². The van der Waals surface area contributed by atoms with Crippen molar-refractivity contribution in [3.63, 3.8) is 0 Å². The number of methoxy groups -OCH3 is 1. The predicted molar refractivity (Wildman–Crippen MR) is 69.0 cm³/mol. The molecule has 5 nitrogen and oxygen atoms in total. The molecule has 0 aliphatic rings. The largest absolute Gasteiger partial charge is 0.469 e. The zero-order valence-electron chi connectivity index (χ0n) is 11.8. The van der Waals surface area contributed by atoms with Gasteiger partial charge in [-0.15, -0.1) is 0 Å². The Morgan fingerprint density at radius 2 is 1.94 bits per heavy atom. The van der Waals surface area contributed by atoms with Gasteiger partial charge in [0.15, 0.2) is 0 Å². The molecular weight excluding hydrogens is 234 g/mol. The number of amides is 1. The first kappa shape index (κ1) is 16.9. The van der Waals surface area contributed by atoms with Crippen molar-refractivity contribution in [2.75, 3.05) is 20.3 Å². The maximum Gasteiger partial charge on any atom is 0.310 e. The standard InChI is InChI=1S/C13H25NO4/c1-5-7-12(16)14(11(6-2)9-15)8-10(3)13(17)18-4/h10-11,15H,5-9H2,1-4H3. The first-order valence-corrected chi connectivity index (χ1v) is 6.49. The Balaban J connectivity index is 4.75. The van der Waals surface area contributed by atoms with Crippen LogP contribution in [0.5, 0.6) is 0 Å². The fourth-order valence-electron chi connectivity index (χ4n) is 1.83. The maximum atomic E-state index is 12.0. The molecule has 0 fully saturated rings. The molecule has 0 aromatic rings. The lowest BCUT2D eigenvalue weighted by atomic mass is 10.1. The van der Waals surface area contributed by atoms with Gasteiger partial charge in [-0.1, -0.05) is 20.8 Å². The molecule has 0 aliphatic heterocycles. The summed E-state index contributed by atoms with van der Waals surface area (Å²) < 4.78 is 4.66. The highest BCUT2D eigenvalue weighted by atomic mass is 16.5. The highest BCUT2D eigenvalue weighted by Gasteiger charge is 2.25. The summed E-state index contributed by atoms with van der Waals surface area (Å²) in [5.74, 6) is -0.734. The number of esters is 1. The van der Waals surface area contributed by atoms with Crippen LogP contribution in [0.15, 0.2) is 0 Å². The third-order valence-corrected chi connectivity index (χ3v) is 2.98. The quantitative estimate of drug-likeness (QED) is 0.665. The van der Waals surface area contributed by atoms with Gasteiger partial charge in [0.2, 0.25) is 5.91 Å². The fourth-order valence-corrected chi connectivity index (χ4v) is 1.83. The van der Waals surface area contributed by atoms with Gasteiger partial charge in [0.25, 0.3) is 0 Å². The first-order valence-electron chi connectivity index (χ1n) is 6.49. The van der Waals surface area contributed by atoms with E-state index in [1.807, 2.05) is 13.8 Å². The van der Waals surface area contributed by atoms with Gasteiger partial charge in [0.05, 0.1) is 25.7 Å². The lowest BCUT2D eigenvalue weighted by Gasteiger charge is -2.31. The number of hydrogen-bond acceptors (Lipinski definition) is 4. The molecule has 0 rings (SSSR count). The van der Waals surface area contributed by atoms with Crippen LogP contribution < -0.4 is 0 Å². The summed E-state index contributed by atoms with van der Waals surface area (Å²) in [4.78, 5) is 25.0. The maximum absolute atomic E-state index is 12.0. The molecule has 2 unspecified atom stereocenters. The monoisotopic (exact) mass is 259 g/mol. The summed E-state index contributed by atoms with van der Waals surface area (Å²) in [5.41, 5.74) is 0. The lowest BCUT2D eigenvalue weighted by molar-refractivity contribution is -0.147. The number of carbonyl (C=O) groups is 2. The molecule has 0 aromatic heterocycles. The van der Waals surface area contributed by atoms with Crippen molar-refractivity contribution < 1.29 is 19.4 Å². The molecule has 0 aromatic carbocycles. The summed E-state index contributed by atoms with van der Waals surface area (Å²) in [6.45, 7) is 5.78. The van der Waals surface area contributed by atoms with Gasteiger partial charge in [-0.2, -0.15) is 0 Å². The van der Waals surface area contributed by atoms with Gasteiger partial charge in [0.1, 0.15) is 0 Å². The Kier molecular flexibility index (Phi) is 8.37. The van der Waals surface area contributed by atoms with E-state index in [0.717, 1.165) is 6.42 Å². The first-order chi connectivity index (χ1) is 8.51. The average molecular weight is 259 g/mol. The van der Waals surface area contributed by atoms with E-state index in [-0.39, 0.29) is 30.4 Å². The average Bonchev–Trinajstić information content (AvgIpc) is 2.37. The van der Waals surface area contributed by atoms with E-state index < -0.39 is 0 Å². The van der Waals surface area contributed by atoms with Crippen molar-refractivity contribution >= 4 is 11.9 Å². The lowest BCUT2D eigenvalue weighted by Crippen LogP contribution is -2.45. The van der Waals surface area contributed by atoms with E-state index in [1.54, 1.807) is 11.8 Å². The molecule has 18 heavy (non-hydrogen) atoms.